The average molecular weight is 311 g/mol. The number of hydrogen-bond donors (Lipinski definition) is 1. The summed E-state index contributed by atoms with van der Waals surface area (Å²) in [4.78, 5) is 19.8. The van der Waals surface area contributed by atoms with Gasteiger partial charge in [-0.25, -0.2) is 4.98 Å². The Bertz CT molecular complexity index is 744. The smallest absolute Gasteiger partial charge is 0.306 e. The summed E-state index contributed by atoms with van der Waals surface area (Å²) in [5, 5.41) is 9.13. The molecule has 1 fully saturated rings. The molecule has 0 radical (unpaired) electrons. The van der Waals surface area contributed by atoms with Gasteiger partial charge in [0, 0.05) is 6.42 Å². The summed E-state index contributed by atoms with van der Waals surface area (Å²) in [6.45, 7) is 2.02. The lowest BCUT2D eigenvalue weighted by molar-refractivity contribution is -0.152. The van der Waals surface area contributed by atoms with Gasteiger partial charge in [0.05, 0.1) is 29.4 Å². The lowest BCUT2D eigenvalue weighted by Gasteiger charge is -2.26. The zero-order valence-corrected chi connectivity index (χ0v) is 13.3. The first-order chi connectivity index (χ1) is 11.2. The van der Waals surface area contributed by atoms with E-state index in [1.54, 1.807) is 0 Å². The predicted octanol–water partition coefficient (Wildman–Crippen LogP) is 3.43. The third-order valence-electron chi connectivity index (χ3n) is 4.48. The normalized spacial score (nSPS) is 21.0. The van der Waals surface area contributed by atoms with Crippen molar-refractivity contribution in [2.45, 2.75) is 51.6 Å². The fourth-order valence-corrected chi connectivity index (χ4v) is 3.18. The molecule has 0 saturated heterocycles. The molecule has 3 rings (SSSR count). The van der Waals surface area contributed by atoms with Crippen molar-refractivity contribution in [3.63, 3.8) is 0 Å². The standard InChI is InChI=1S/C18H21N3O2/c1-12-5-4-7-14-18(12)21-16(20-14)9-10-17(22)23-15-8-3-2-6-13(15)11-19/h4-5,7,13,15H,2-3,6,8-10H2,1H3,(H,20,21)/t13-,15+/m1/s1. The maximum absolute atomic E-state index is 12.1. The second-order valence-corrected chi connectivity index (χ2v) is 6.20. The molecule has 1 aromatic carbocycles. The minimum absolute atomic E-state index is 0.151. The van der Waals surface area contributed by atoms with Crippen molar-refractivity contribution in [3.05, 3.63) is 29.6 Å². The number of para-hydroxylation sites is 1. The number of nitrogens with one attached hydrogen (secondary N) is 1. The number of rotatable bonds is 4. The largest absolute Gasteiger partial charge is 0.461 e. The minimum Gasteiger partial charge on any atom is -0.461 e. The van der Waals surface area contributed by atoms with E-state index in [0.717, 1.165) is 48.1 Å². The van der Waals surface area contributed by atoms with Crippen molar-refractivity contribution in [3.8, 4) is 6.07 Å². The molecule has 5 nitrogen and oxygen atoms in total. The molecule has 1 N–H and O–H groups in total. The van der Waals surface area contributed by atoms with Gasteiger partial charge in [0.25, 0.3) is 0 Å². The van der Waals surface area contributed by atoms with Crippen LogP contribution in [0.5, 0.6) is 0 Å². The molecule has 23 heavy (non-hydrogen) atoms. The highest BCUT2D eigenvalue weighted by atomic mass is 16.5. The van der Waals surface area contributed by atoms with Crippen molar-refractivity contribution in [1.29, 1.82) is 5.26 Å². The van der Waals surface area contributed by atoms with E-state index >= 15 is 0 Å². The topological polar surface area (TPSA) is 78.8 Å². The molecular formula is C18H21N3O2. The van der Waals surface area contributed by atoms with Crippen molar-refractivity contribution < 1.29 is 9.53 Å². The van der Waals surface area contributed by atoms with Crippen LogP contribution in [-0.4, -0.2) is 22.0 Å². The van der Waals surface area contributed by atoms with Crippen molar-refractivity contribution in [1.82, 2.24) is 9.97 Å². The average Bonchev–Trinajstić information content (AvgIpc) is 2.98. The van der Waals surface area contributed by atoms with Crippen LogP contribution in [-0.2, 0) is 16.0 Å². The van der Waals surface area contributed by atoms with Crippen molar-refractivity contribution >= 4 is 17.0 Å². The van der Waals surface area contributed by atoms with Gasteiger partial charge in [-0.15, -0.1) is 0 Å². The van der Waals surface area contributed by atoms with Gasteiger partial charge >= 0.3 is 5.97 Å². The summed E-state index contributed by atoms with van der Waals surface area (Å²) < 4.78 is 5.51. The molecule has 0 bridgehead atoms. The summed E-state index contributed by atoms with van der Waals surface area (Å²) in [6, 6.07) is 8.25. The molecule has 0 aliphatic heterocycles. The fourth-order valence-electron chi connectivity index (χ4n) is 3.18. The van der Waals surface area contributed by atoms with E-state index in [0.29, 0.717) is 6.42 Å². The highest BCUT2D eigenvalue weighted by Crippen LogP contribution is 2.26. The third-order valence-corrected chi connectivity index (χ3v) is 4.48. The Kier molecular flexibility index (Phi) is 4.61. The summed E-state index contributed by atoms with van der Waals surface area (Å²) in [7, 11) is 0. The van der Waals surface area contributed by atoms with Crippen LogP contribution in [0.3, 0.4) is 0 Å². The van der Waals surface area contributed by atoms with Gasteiger partial charge in [-0.3, -0.25) is 4.79 Å². The van der Waals surface area contributed by atoms with Crippen molar-refractivity contribution in [2.24, 2.45) is 5.92 Å². The number of carbonyl (C=O) groups is 1. The Morgan fingerprint density at radius 2 is 2.26 bits per heavy atom. The fraction of sp³-hybridized carbons (Fsp3) is 0.500. The summed E-state index contributed by atoms with van der Waals surface area (Å²) >= 11 is 0. The summed E-state index contributed by atoms with van der Waals surface area (Å²) in [5.41, 5.74) is 3.06. The number of nitrogens with zero attached hydrogens (tertiary/aromatic N) is 2. The molecule has 0 unspecified atom stereocenters. The maximum Gasteiger partial charge on any atom is 0.306 e. The number of benzene rings is 1. The number of aromatic nitrogens is 2. The minimum atomic E-state index is -0.241. The number of esters is 1. The molecule has 1 aliphatic carbocycles. The SMILES string of the molecule is Cc1cccc2[nH]c(CCC(=O)O[C@H]3CCCC[C@@H]3C#N)nc12. The number of ether oxygens (including phenoxy) is 1. The van der Waals surface area contributed by atoms with E-state index in [-0.39, 0.29) is 24.4 Å². The van der Waals surface area contributed by atoms with E-state index in [1.165, 1.54) is 0 Å². The van der Waals surface area contributed by atoms with Gasteiger partial charge in [-0.1, -0.05) is 18.6 Å². The number of nitriles is 1. The Labute approximate surface area is 135 Å². The highest BCUT2D eigenvalue weighted by Gasteiger charge is 2.28. The molecule has 1 saturated carbocycles. The predicted molar refractivity (Wildman–Crippen MR) is 86.6 cm³/mol. The van der Waals surface area contributed by atoms with Crippen molar-refractivity contribution in [2.75, 3.05) is 0 Å². The number of aromatic amines is 1. The van der Waals surface area contributed by atoms with E-state index in [2.05, 4.69) is 16.0 Å². The molecule has 2 atom stereocenters. The van der Waals surface area contributed by atoms with Gasteiger partial charge in [0.15, 0.2) is 0 Å². The Balaban J connectivity index is 1.57. The van der Waals surface area contributed by atoms with E-state index in [9.17, 15) is 4.79 Å². The Hall–Kier alpha value is -2.35. The number of imidazole rings is 1. The third kappa shape index (κ3) is 3.53. The summed E-state index contributed by atoms with van der Waals surface area (Å²) in [6.07, 6.45) is 4.28. The molecule has 0 spiro atoms. The van der Waals surface area contributed by atoms with E-state index in [1.807, 2.05) is 25.1 Å². The van der Waals surface area contributed by atoms with E-state index in [4.69, 9.17) is 10.00 Å². The maximum atomic E-state index is 12.1. The number of H-pyrrole nitrogens is 1. The zero-order valence-electron chi connectivity index (χ0n) is 13.3. The van der Waals surface area contributed by atoms with Crippen LogP contribution in [0.2, 0.25) is 0 Å². The van der Waals surface area contributed by atoms with Crippen LogP contribution >= 0.6 is 0 Å². The van der Waals surface area contributed by atoms with Crippen LogP contribution < -0.4 is 0 Å². The van der Waals surface area contributed by atoms with Crippen LogP contribution in [0, 0.1) is 24.2 Å². The first-order valence-electron chi connectivity index (χ1n) is 8.20. The molecule has 5 heteroatoms. The molecule has 2 aromatic rings. The monoisotopic (exact) mass is 311 g/mol. The second kappa shape index (κ2) is 6.82. The molecule has 0 amide bonds. The lowest BCUT2D eigenvalue weighted by atomic mass is 9.87. The first kappa shape index (κ1) is 15.5. The Morgan fingerprint density at radius 1 is 1.43 bits per heavy atom. The molecule has 1 heterocycles. The highest BCUT2D eigenvalue weighted by molar-refractivity contribution is 5.78. The molecular weight excluding hydrogens is 290 g/mol. The van der Waals surface area contributed by atoms with Gasteiger partial charge in [-0.05, 0) is 37.8 Å². The van der Waals surface area contributed by atoms with Gasteiger partial charge in [-0.2, -0.15) is 5.26 Å². The first-order valence-corrected chi connectivity index (χ1v) is 8.20. The van der Waals surface area contributed by atoms with Crippen LogP contribution in [0.15, 0.2) is 18.2 Å². The lowest BCUT2D eigenvalue weighted by Crippen LogP contribution is -2.29. The van der Waals surface area contributed by atoms with Crippen LogP contribution in [0.4, 0.5) is 0 Å². The number of hydrogen-bond acceptors (Lipinski definition) is 4. The van der Waals surface area contributed by atoms with Crippen LogP contribution in [0.25, 0.3) is 11.0 Å². The van der Waals surface area contributed by atoms with Gasteiger partial charge in [0.1, 0.15) is 11.9 Å². The zero-order chi connectivity index (χ0) is 16.2. The van der Waals surface area contributed by atoms with Gasteiger partial charge < -0.3 is 9.72 Å². The Morgan fingerprint density at radius 3 is 3.04 bits per heavy atom. The number of aryl methyl sites for hydroxylation is 2. The molecule has 1 aromatic heterocycles. The second-order valence-electron chi connectivity index (χ2n) is 6.20. The van der Waals surface area contributed by atoms with Gasteiger partial charge in [0.2, 0.25) is 0 Å². The summed E-state index contributed by atoms with van der Waals surface area (Å²) in [5.74, 6) is 0.405. The quantitative estimate of drug-likeness (QED) is 0.877. The van der Waals surface area contributed by atoms with Crippen LogP contribution in [0.1, 0.15) is 43.5 Å². The van der Waals surface area contributed by atoms with E-state index < -0.39 is 0 Å². The number of carbonyl (C=O) groups excluding carboxylic acids is 1. The molecule has 120 valence electrons. The molecule has 1 aliphatic rings. The number of fused-ring (bicyclic) bond motifs is 1.